The van der Waals surface area contributed by atoms with Gasteiger partial charge in [0.2, 0.25) is 0 Å². The summed E-state index contributed by atoms with van der Waals surface area (Å²) in [4.78, 5) is 67.7. The van der Waals surface area contributed by atoms with E-state index in [2.05, 4.69) is 23.6 Å². The van der Waals surface area contributed by atoms with Crippen molar-refractivity contribution >= 4 is 24.2 Å². The third-order valence-electron chi connectivity index (χ3n) is 10.2. The number of ether oxygens (including phenoxy) is 2. The smallest absolute Gasteiger partial charge is 0.428 e. The van der Waals surface area contributed by atoms with Crippen LogP contribution in [-0.4, -0.2) is 36.5 Å². The highest BCUT2D eigenvalue weighted by molar-refractivity contribution is 5.89. The molecule has 51 heavy (non-hydrogen) atoms. The number of hydrogen-bond acceptors (Lipinski definition) is 10. The van der Waals surface area contributed by atoms with E-state index in [9.17, 15) is 19.2 Å². The van der Waals surface area contributed by atoms with Crippen LogP contribution in [0.2, 0.25) is 0 Å². The molecule has 0 unspecified atom stereocenters. The monoisotopic (exact) mass is 708 g/mol. The van der Waals surface area contributed by atoms with Gasteiger partial charge in [-0.25, -0.2) is 29.1 Å². The Labute approximate surface area is 302 Å². The van der Waals surface area contributed by atoms with Gasteiger partial charge < -0.3 is 9.47 Å². The molecule has 2 fully saturated rings. The first kappa shape index (κ1) is 39.7. The van der Waals surface area contributed by atoms with Crippen LogP contribution in [0.4, 0.5) is 9.59 Å². The highest BCUT2D eigenvalue weighted by Gasteiger charge is 2.30. The molecule has 0 amide bonds. The molecule has 2 aromatic carbocycles. The van der Waals surface area contributed by atoms with Gasteiger partial charge in [0, 0.05) is 0 Å². The topological polar surface area (TPSA) is 124 Å². The van der Waals surface area contributed by atoms with Gasteiger partial charge in [0.1, 0.15) is 12.2 Å². The Morgan fingerprint density at radius 2 is 0.863 bits per heavy atom. The van der Waals surface area contributed by atoms with Gasteiger partial charge in [-0.2, -0.15) is 9.59 Å². The molecule has 0 saturated heterocycles. The predicted molar refractivity (Wildman–Crippen MR) is 191 cm³/mol. The van der Waals surface area contributed by atoms with E-state index < -0.39 is 24.2 Å². The van der Waals surface area contributed by atoms with Crippen molar-refractivity contribution in [3.05, 3.63) is 70.8 Å². The first-order valence-electron chi connectivity index (χ1n) is 19.2. The third-order valence-corrected chi connectivity index (χ3v) is 10.2. The molecule has 0 spiro atoms. The largest absolute Gasteiger partial charge is 0.550 e. The molecule has 0 N–H and O–H groups in total. The minimum atomic E-state index is -1.01. The maximum absolute atomic E-state index is 12.3. The molecule has 0 radical (unpaired) electrons. The number of rotatable bonds is 16. The molecular weight excluding hydrogens is 652 g/mol. The standard InChI is InChI=1S/C41H56O10/c1-3-5-7-9-11-30-13-21-34(22-14-30)38(42)48-50-40(44)46-36-25-17-32(18-26-36)29-33-19-27-37(28-20-33)47-41(45)51-49-39(43)35-23-15-31(16-24-35)12-10-8-6-4-2/h13-16,21-24,32-33,36-37H,3-12,17-20,25-29H2,1-2H3. The predicted octanol–water partition coefficient (Wildman–Crippen LogP) is 10.6. The molecule has 10 heteroatoms. The molecule has 4 rings (SSSR count). The summed E-state index contributed by atoms with van der Waals surface area (Å²) < 4.78 is 10.8. The zero-order chi connectivity index (χ0) is 36.3. The van der Waals surface area contributed by atoms with Crippen LogP contribution in [0.5, 0.6) is 0 Å². The van der Waals surface area contributed by atoms with E-state index in [0.717, 1.165) is 94.6 Å². The van der Waals surface area contributed by atoms with Gasteiger partial charge in [-0.15, -0.1) is 0 Å². The molecule has 0 heterocycles. The number of hydrogen-bond donors (Lipinski definition) is 0. The second-order valence-electron chi connectivity index (χ2n) is 14.2. The van der Waals surface area contributed by atoms with Crippen molar-refractivity contribution < 1.29 is 48.2 Å². The van der Waals surface area contributed by atoms with Crippen molar-refractivity contribution in [2.45, 2.75) is 148 Å². The van der Waals surface area contributed by atoms with Crippen LogP contribution in [-0.2, 0) is 41.9 Å². The van der Waals surface area contributed by atoms with Crippen LogP contribution in [0, 0.1) is 11.8 Å². The lowest BCUT2D eigenvalue weighted by Crippen LogP contribution is -2.28. The summed E-state index contributed by atoms with van der Waals surface area (Å²) in [5.41, 5.74) is 2.94. The third kappa shape index (κ3) is 14.6. The van der Waals surface area contributed by atoms with E-state index in [1.807, 2.05) is 24.3 Å². The van der Waals surface area contributed by atoms with Crippen molar-refractivity contribution in [1.82, 2.24) is 0 Å². The lowest BCUT2D eigenvalue weighted by atomic mass is 9.76. The Balaban J connectivity index is 1.03. The minimum absolute atomic E-state index is 0.275. The molecule has 2 aliphatic rings. The molecule has 10 nitrogen and oxygen atoms in total. The summed E-state index contributed by atoms with van der Waals surface area (Å²) in [5.74, 6) is -0.429. The Kier molecular flexibility index (Phi) is 17.1. The summed E-state index contributed by atoms with van der Waals surface area (Å²) in [7, 11) is 0. The normalized spacial score (nSPS) is 20.1. The fourth-order valence-corrected chi connectivity index (χ4v) is 7.12. The zero-order valence-corrected chi connectivity index (χ0v) is 30.4. The molecule has 2 aliphatic carbocycles. The first-order chi connectivity index (χ1) is 24.8. The van der Waals surface area contributed by atoms with Gasteiger partial charge in [-0.1, -0.05) is 76.6 Å². The Bertz CT molecular complexity index is 1240. The lowest BCUT2D eigenvalue weighted by Gasteiger charge is -2.33. The summed E-state index contributed by atoms with van der Waals surface area (Å²) in [6.45, 7) is 4.36. The molecule has 2 saturated carbocycles. The average molecular weight is 709 g/mol. The van der Waals surface area contributed by atoms with Crippen LogP contribution >= 0.6 is 0 Å². The highest BCUT2D eigenvalue weighted by atomic mass is 17.2. The van der Waals surface area contributed by atoms with Gasteiger partial charge >= 0.3 is 24.2 Å². The number of aryl methyl sites for hydroxylation is 2. The van der Waals surface area contributed by atoms with Crippen molar-refractivity contribution in [3.8, 4) is 0 Å². The first-order valence-corrected chi connectivity index (χ1v) is 19.2. The summed E-state index contributed by atoms with van der Waals surface area (Å²) >= 11 is 0. The quantitative estimate of drug-likeness (QED) is 0.0720. The summed E-state index contributed by atoms with van der Waals surface area (Å²) in [6, 6.07) is 14.3. The fourth-order valence-electron chi connectivity index (χ4n) is 7.12. The molecule has 0 bridgehead atoms. The highest BCUT2D eigenvalue weighted by Crippen LogP contribution is 2.37. The van der Waals surface area contributed by atoms with E-state index in [1.54, 1.807) is 24.3 Å². The summed E-state index contributed by atoms with van der Waals surface area (Å²) in [6.07, 6.45) is 16.5. The van der Waals surface area contributed by atoms with Crippen LogP contribution in [0.3, 0.4) is 0 Å². The van der Waals surface area contributed by atoms with E-state index in [1.165, 1.54) is 38.5 Å². The second kappa shape index (κ2) is 22.0. The number of benzene rings is 2. The van der Waals surface area contributed by atoms with Crippen LogP contribution in [0.1, 0.15) is 155 Å². The van der Waals surface area contributed by atoms with E-state index >= 15 is 0 Å². The Morgan fingerprint density at radius 3 is 1.22 bits per heavy atom. The molecule has 0 aromatic heterocycles. The number of carbonyl (C=O) groups is 4. The van der Waals surface area contributed by atoms with Gasteiger partial charge in [-0.3, -0.25) is 0 Å². The van der Waals surface area contributed by atoms with Gasteiger partial charge in [0.15, 0.2) is 0 Å². The van der Waals surface area contributed by atoms with Crippen molar-refractivity contribution in [1.29, 1.82) is 0 Å². The summed E-state index contributed by atoms with van der Waals surface area (Å²) in [5, 5.41) is 0. The maximum atomic E-state index is 12.3. The Hall–Kier alpha value is -4.08. The van der Waals surface area contributed by atoms with Gasteiger partial charge in [-0.05, 0) is 131 Å². The van der Waals surface area contributed by atoms with Crippen molar-refractivity contribution in [2.24, 2.45) is 11.8 Å². The molecule has 0 aliphatic heterocycles. The minimum Gasteiger partial charge on any atom is -0.428 e. The van der Waals surface area contributed by atoms with E-state index in [4.69, 9.17) is 19.2 Å². The van der Waals surface area contributed by atoms with Gasteiger partial charge in [0.25, 0.3) is 0 Å². The average Bonchev–Trinajstić information content (AvgIpc) is 3.15. The molecular formula is C41H56O10. The number of unbranched alkanes of at least 4 members (excludes halogenated alkanes) is 6. The second-order valence-corrected chi connectivity index (χ2v) is 14.2. The molecule has 0 atom stereocenters. The zero-order valence-electron chi connectivity index (χ0n) is 30.4. The van der Waals surface area contributed by atoms with Crippen LogP contribution in [0.25, 0.3) is 0 Å². The van der Waals surface area contributed by atoms with Crippen molar-refractivity contribution in [2.75, 3.05) is 0 Å². The SMILES string of the molecule is CCCCCCc1ccc(C(=O)OOC(=O)OC2CCC(CC3CCC(OC(=O)OOC(=O)c4ccc(CCCCCC)cc4)CC3)CC2)cc1. The van der Waals surface area contributed by atoms with E-state index in [-0.39, 0.29) is 12.2 Å². The van der Waals surface area contributed by atoms with Crippen LogP contribution < -0.4 is 0 Å². The lowest BCUT2D eigenvalue weighted by molar-refractivity contribution is -0.208. The number of carbonyl (C=O) groups excluding carboxylic acids is 4. The fraction of sp³-hybridized carbons (Fsp3) is 0.610. The van der Waals surface area contributed by atoms with Crippen LogP contribution in [0.15, 0.2) is 48.5 Å². The maximum Gasteiger partial charge on any atom is 0.550 e. The van der Waals surface area contributed by atoms with Gasteiger partial charge in [0.05, 0.1) is 11.1 Å². The van der Waals surface area contributed by atoms with Crippen molar-refractivity contribution in [3.63, 3.8) is 0 Å². The Morgan fingerprint density at radius 1 is 0.490 bits per heavy atom. The molecule has 2 aromatic rings. The molecule has 280 valence electrons. The van der Waals surface area contributed by atoms with E-state index in [0.29, 0.717) is 23.0 Å².